The van der Waals surface area contributed by atoms with Gasteiger partial charge in [0, 0.05) is 47.9 Å². The third-order valence-corrected chi connectivity index (χ3v) is 6.50. The lowest BCUT2D eigenvalue weighted by Crippen LogP contribution is -2.26. The van der Waals surface area contributed by atoms with Crippen LogP contribution < -0.4 is 10.2 Å². The summed E-state index contributed by atoms with van der Waals surface area (Å²) in [5.74, 6) is -0.0418. The van der Waals surface area contributed by atoms with E-state index in [1.54, 1.807) is 4.90 Å². The Kier molecular flexibility index (Phi) is 5.56. The number of rotatable bonds is 3. The van der Waals surface area contributed by atoms with Crippen molar-refractivity contribution in [2.45, 2.75) is 26.8 Å². The number of carbonyl (C=O) groups is 1. The molecule has 5 rings (SSSR count). The maximum absolute atomic E-state index is 13.7. The number of para-hydroxylation sites is 1. The number of anilines is 2. The SMILES string of the molecule is Cc1cc(C(=O)N2C=C3CC=CN3Cc3ccccc32)ccc1NC(=S)c1ccccc1C. The third kappa shape index (κ3) is 4.08. The van der Waals surface area contributed by atoms with E-state index in [1.165, 1.54) is 0 Å². The quantitative estimate of drug-likeness (QED) is 0.473. The van der Waals surface area contributed by atoms with Gasteiger partial charge in [0.2, 0.25) is 0 Å². The molecule has 0 atom stereocenters. The molecule has 1 amide bonds. The molecule has 5 heteroatoms. The standard InChI is InChI=1S/C28H25N3OS/c1-19-8-3-5-11-24(19)27(33)29-25-14-13-21(16-20(25)2)28(32)31-18-23-10-7-15-30(23)17-22-9-4-6-12-26(22)31/h3-9,11-16,18H,10,17H2,1-2H3,(H,29,33). The topological polar surface area (TPSA) is 35.6 Å². The summed E-state index contributed by atoms with van der Waals surface area (Å²) in [6, 6.07) is 21.9. The van der Waals surface area contributed by atoms with E-state index in [0.717, 1.165) is 52.3 Å². The molecule has 2 aliphatic heterocycles. The van der Waals surface area contributed by atoms with E-state index in [1.807, 2.05) is 80.7 Å². The van der Waals surface area contributed by atoms with Crippen molar-refractivity contribution in [3.63, 3.8) is 0 Å². The first-order valence-electron chi connectivity index (χ1n) is 11.0. The molecule has 4 nitrogen and oxygen atoms in total. The molecule has 0 saturated heterocycles. The highest BCUT2D eigenvalue weighted by atomic mass is 32.1. The van der Waals surface area contributed by atoms with Crippen LogP contribution in [0.3, 0.4) is 0 Å². The lowest BCUT2D eigenvalue weighted by Gasteiger charge is -2.21. The van der Waals surface area contributed by atoms with Crippen molar-refractivity contribution in [1.29, 1.82) is 0 Å². The highest BCUT2D eigenvalue weighted by Crippen LogP contribution is 2.33. The van der Waals surface area contributed by atoms with Crippen LogP contribution >= 0.6 is 12.2 Å². The smallest absolute Gasteiger partial charge is 0.262 e. The minimum Gasteiger partial charge on any atom is -0.346 e. The van der Waals surface area contributed by atoms with Gasteiger partial charge in [-0.15, -0.1) is 0 Å². The van der Waals surface area contributed by atoms with Gasteiger partial charge in [0.15, 0.2) is 0 Å². The zero-order valence-electron chi connectivity index (χ0n) is 18.7. The number of amides is 1. The van der Waals surface area contributed by atoms with E-state index in [9.17, 15) is 4.79 Å². The second-order valence-corrected chi connectivity index (χ2v) is 8.85. The summed E-state index contributed by atoms with van der Waals surface area (Å²) in [6.07, 6.45) is 7.03. The van der Waals surface area contributed by atoms with E-state index in [-0.39, 0.29) is 5.91 Å². The number of hydrogen-bond acceptors (Lipinski definition) is 3. The molecule has 1 N–H and O–H groups in total. The summed E-state index contributed by atoms with van der Waals surface area (Å²) in [5, 5.41) is 3.35. The number of benzene rings is 3. The Morgan fingerprint density at radius 3 is 2.58 bits per heavy atom. The van der Waals surface area contributed by atoms with Crippen molar-refractivity contribution in [3.8, 4) is 0 Å². The average molecular weight is 452 g/mol. The molecule has 0 saturated carbocycles. The molecular weight excluding hydrogens is 426 g/mol. The number of aryl methyl sites for hydroxylation is 2. The minimum absolute atomic E-state index is 0.0418. The lowest BCUT2D eigenvalue weighted by atomic mass is 10.1. The Morgan fingerprint density at radius 1 is 0.970 bits per heavy atom. The second kappa shape index (κ2) is 8.68. The van der Waals surface area contributed by atoms with Gasteiger partial charge in [-0.1, -0.05) is 60.8 Å². The number of nitrogens with one attached hydrogen (secondary N) is 1. The number of hydrogen-bond donors (Lipinski definition) is 1. The monoisotopic (exact) mass is 451 g/mol. The molecule has 0 radical (unpaired) electrons. The molecule has 3 aromatic carbocycles. The van der Waals surface area contributed by atoms with Crippen LogP contribution in [0.25, 0.3) is 0 Å². The number of allylic oxidation sites excluding steroid dienone is 1. The number of carbonyl (C=O) groups excluding carboxylic acids is 1. The van der Waals surface area contributed by atoms with E-state index < -0.39 is 0 Å². The average Bonchev–Trinajstić information content (AvgIpc) is 3.19. The Bertz CT molecular complexity index is 1320. The van der Waals surface area contributed by atoms with Gasteiger partial charge in [0.25, 0.3) is 5.91 Å². The number of thiocarbonyl (C=S) groups is 1. The van der Waals surface area contributed by atoms with Crippen LogP contribution in [0.4, 0.5) is 11.4 Å². The van der Waals surface area contributed by atoms with Gasteiger partial charge >= 0.3 is 0 Å². The van der Waals surface area contributed by atoms with E-state index >= 15 is 0 Å². The fraction of sp³-hybridized carbons (Fsp3) is 0.143. The first-order chi connectivity index (χ1) is 16.0. The van der Waals surface area contributed by atoms with Crippen molar-refractivity contribution in [2.75, 3.05) is 10.2 Å². The highest BCUT2D eigenvalue weighted by Gasteiger charge is 2.26. The molecule has 0 fully saturated rings. The van der Waals surface area contributed by atoms with Crippen LogP contribution in [-0.4, -0.2) is 15.8 Å². The summed E-state index contributed by atoms with van der Waals surface area (Å²) in [7, 11) is 0. The van der Waals surface area contributed by atoms with Crippen molar-refractivity contribution < 1.29 is 4.79 Å². The summed E-state index contributed by atoms with van der Waals surface area (Å²) in [6.45, 7) is 4.81. The maximum Gasteiger partial charge on any atom is 0.262 e. The van der Waals surface area contributed by atoms with Gasteiger partial charge < -0.3 is 10.2 Å². The molecule has 3 aromatic rings. The van der Waals surface area contributed by atoms with E-state index in [4.69, 9.17) is 12.2 Å². The summed E-state index contributed by atoms with van der Waals surface area (Å²) < 4.78 is 0. The van der Waals surface area contributed by atoms with Crippen LogP contribution in [0.15, 0.2) is 90.9 Å². The minimum atomic E-state index is -0.0418. The largest absolute Gasteiger partial charge is 0.346 e. The second-order valence-electron chi connectivity index (χ2n) is 8.44. The Morgan fingerprint density at radius 2 is 1.76 bits per heavy atom. The predicted molar refractivity (Wildman–Crippen MR) is 138 cm³/mol. The van der Waals surface area contributed by atoms with Crippen LogP contribution in [0.2, 0.25) is 0 Å². The van der Waals surface area contributed by atoms with Gasteiger partial charge in [-0.3, -0.25) is 9.69 Å². The first-order valence-corrected chi connectivity index (χ1v) is 11.5. The van der Waals surface area contributed by atoms with Crippen LogP contribution in [0.5, 0.6) is 0 Å². The summed E-state index contributed by atoms with van der Waals surface area (Å²) in [4.78, 5) is 18.3. The maximum atomic E-state index is 13.7. The fourth-order valence-electron chi connectivity index (χ4n) is 4.34. The van der Waals surface area contributed by atoms with Crippen LogP contribution in [-0.2, 0) is 6.54 Å². The molecular formula is C28H25N3OS. The van der Waals surface area contributed by atoms with Crippen LogP contribution in [0, 0.1) is 13.8 Å². The van der Waals surface area contributed by atoms with Gasteiger partial charge in [0.05, 0.1) is 5.69 Å². The molecule has 0 aromatic heterocycles. The molecule has 2 heterocycles. The Balaban J connectivity index is 1.43. The Hall–Kier alpha value is -3.70. The van der Waals surface area contributed by atoms with Gasteiger partial charge in [0.1, 0.15) is 4.99 Å². The summed E-state index contributed by atoms with van der Waals surface area (Å²) in [5.41, 5.74) is 7.83. The van der Waals surface area contributed by atoms with Crippen LogP contribution in [0.1, 0.15) is 39.0 Å². The van der Waals surface area contributed by atoms with Gasteiger partial charge in [-0.25, -0.2) is 0 Å². The lowest BCUT2D eigenvalue weighted by molar-refractivity contribution is 0.0997. The third-order valence-electron chi connectivity index (χ3n) is 6.18. The van der Waals surface area contributed by atoms with Crippen molar-refractivity contribution in [2.24, 2.45) is 0 Å². The van der Waals surface area contributed by atoms with Crippen molar-refractivity contribution in [3.05, 3.63) is 119 Å². The number of fused-ring (bicyclic) bond motifs is 2. The molecule has 0 spiro atoms. The first kappa shape index (κ1) is 21.2. The van der Waals surface area contributed by atoms with E-state index in [2.05, 4.69) is 28.6 Å². The van der Waals surface area contributed by atoms with Crippen molar-refractivity contribution >= 4 is 34.5 Å². The molecule has 2 aliphatic rings. The zero-order valence-corrected chi connectivity index (χ0v) is 19.5. The molecule has 0 unspecified atom stereocenters. The predicted octanol–water partition coefficient (Wildman–Crippen LogP) is 6.31. The van der Waals surface area contributed by atoms with Crippen molar-refractivity contribution in [1.82, 2.24) is 4.90 Å². The highest BCUT2D eigenvalue weighted by molar-refractivity contribution is 7.81. The van der Waals surface area contributed by atoms with E-state index in [0.29, 0.717) is 10.6 Å². The molecule has 0 aliphatic carbocycles. The normalized spacial score (nSPS) is 14.3. The summed E-state index contributed by atoms with van der Waals surface area (Å²) >= 11 is 5.63. The molecule has 33 heavy (non-hydrogen) atoms. The Labute approximate surface area is 199 Å². The zero-order chi connectivity index (χ0) is 22.9. The van der Waals surface area contributed by atoms with Gasteiger partial charge in [-0.05, 0) is 54.8 Å². The fourth-order valence-corrected chi connectivity index (χ4v) is 4.68. The molecule has 164 valence electrons. The number of nitrogens with zero attached hydrogens (tertiary/aromatic N) is 2. The molecule has 0 bridgehead atoms. The van der Waals surface area contributed by atoms with Gasteiger partial charge in [-0.2, -0.15) is 0 Å².